The maximum atomic E-state index is 5.87. The Morgan fingerprint density at radius 2 is 1.85 bits per heavy atom. The quantitative estimate of drug-likeness (QED) is 0.444. The second kappa shape index (κ2) is 9.18. The highest BCUT2D eigenvalue weighted by Crippen LogP contribution is 2.09. The Morgan fingerprint density at radius 3 is 2.40 bits per heavy atom. The fourth-order valence-corrected chi connectivity index (χ4v) is 1.46. The van der Waals surface area contributed by atoms with Crippen molar-refractivity contribution in [2.45, 2.75) is 25.8 Å². The van der Waals surface area contributed by atoms with Gasteiger partial charge in [-0.2, -0.15) is 0 Å². The van der Waals surface area contributed by atoms with Crippen LogP contribution in [-0.2, 0) is 6.42 Å². The topological polar surface area (TPSA) is 53.6 Å². The summed E-state index contributed by atoms with van der Waals surface area (Å²) in [6.45, 7) is 5.79. The van der Waals surface area contributed by atoms with E-state index in [9.17, 15) is 0 Å². The van der Waals surface area contributed by atoms with Crippen LogP contribution >= 0.6 is 24.0 Å². The van der Waals surface area contributed by atoms with Crippen molar-refractivity contribution in [2.75, 3.05) is 27.2 Å². The van der Waals surface area contributed by atoms with Crippen LogP contribution in [0.25, 0.3) is 0 Å². The molecule has 0 fully saturated rings. The lowest BCUT2D eigenvalue weighted by Gasteiger charge is -2.30. The molecule has 5 heteroatoms. The SMILES string of the molecule is CN(C)C(C)(C)CN=C(N)NCCc1ccccc1.I. The van der Waals surface area contributed by atoms with Gasteiger partial charge in [-0.1, -0.05) is 30.3 Å². The number of hydrogen-bond acceptors (Lipinski definition) is 2. The van der Waals surface area contributed by atoms with Crippen LogP contribution in [0, 0.1) is 0 Å². The molecule has 3 N–H and O–H groups in total. The van der Waals surface area contributed by atoms with Crippen molar-refractivity contribution < 1.29 is 0 Å². The fraction of sp³-hybridized carbons (Fsp3) is 0.533. The van der Waals surface area contributed by atoms with Crippen molar-refractivity contribution in [2.24, 2.45) is 10.7 Å². The Kier molecular flexibility index (Phi) is 8.80. The van der Waals surface area contributed by atoms with Gasteiger partial charge in [0.15, 0.2) is 5.96 Å². The van der Waals surface area contributed by atoms with Crippen LogP contribution in [0.2, 0.25) is 0 Å². The molecule has 0 aliphatic rings. The Morgan fingerprint density at radius 1 is 1.25 bits per heavy atom. The van der Waals surface area contributed by atoms with E-state index in [-0.39, 0.29) is 29.5 Å². The number of halogens is 1. The second-order valence-electron chi connectivity index (χ2n) is 5.57. The van der Waals surface area contributed by atoms with Gasteiger partial charge in [-0.05, 0) is 39.9 Å². The van der Waals surface area contributed by atoms with Gasteiger partial charge in [0.2, 0.25) is 0 Å². The molecule has 0 saturated heterocycles. The smallest absolute Gasteiger partial charge is 0.188 e. The first kappa shape index (κ1) is 19.2. The molecule has 20 heavy (non-hydrogen) atoms. The summed E-state index contributed by atoms with van der Waals surface area (Å²) in [4.78, 5) is 6.54. The lowest BCUT2D eigenvalue weighted by Crippen LogP contribution is -2.42. The van der Waals surface area contributed by atoms with Crippen LogP contribution in [0.3, 0.4) is 0 Å². The number of rotatable bonds is 6. The van der Waals surface area contributed by atoms with E-state index in [4.69, 9.17) is 5.73 Å². The molecule has 0 saturated carbocycles. The zero-order valence-corrected chi connectivity index (χ0v) is 15.2. The Labute approximate surface area is 139 Å². The third kappa shape index (κ3) is 7.09. The normalized spacial score (nSPS) is 12.2. The summed E-state index contributed by atoms with van der Waals surface area (Å²) in [5, 5.41) is 3.15. The first-order valence-electron chi connectivity index (χ1n) is 6.67. The average molecular weight is 390 g/mol. The number of aliphatic imine (C=N–C) groups is 1. The van der Waals surface area contributed by atoms with Gasteiger partial charge >= 0.3 is 0 Å². The number of hydrogen-bond donors (Lipinski definition) is 2. The summed E-state index contributed by atoms with van der Waals surface area (Å²) in [6, 6.07) is 10.4. The van der Waals surface area contributed by atoms with E-state index >= 15 is 0 Å². The van der Waals surface area contributed by atoms with Crippen molar-refractivity contribution in [3.05, 3.63) is 35.9 Å². The van der Waals surface area contributed by atoms with Crippen molar-refractivity contribution in [3.8, 4) is 0 Å². The predicted molar refractivity (Wildman–Crippen MR) is 97.8 cm³/mol. The standard InChI is InChI=1S/C15H26N4.HI/c1-15(2,19(3)4)12-18-14(16)17-11-10-13-8-6-5-7-9-13;/h5-9H,10-12H2,1-4H3,(H3,16,17,18);1H. The molecule has 0 heterocycles. The molecule has 4 nitrogen and oxygen atoms in total. The molecule has 0 spiro atoms. The highest BCUT2D eigenvalue weighted by atomic mass is 127. The minimum atomic E-state index is 0. The van der Waals surface area contributed by atoms with Gasteiger partial charge in [0, 0.05) is 12.1 Å². The predicted octanol–water partition coefficient (Wildman–Crippen LogP) is 2.09. The molecular formula is C15H27IN4. The molecule has 0 unspecified atom stereocenters. The molecule has 0 atom stereocenters. The van der Waals surface area contributed by atoms with Gasteiger partial charge in [-0.15, -0.1) is 24.0 Å². The average Bonchev–Trinajstić information content (AvgIpc) is 2.37. The number of benzene rings is 1. The molecule has 0 aliphatic carbocycles. The maximum Gasteiger partial charge on any atom is 0.188 e. The highest BCUT2D eigenvalue weighted by Gasteiger charge is 2.19. The van der Waals surface area contributed by atoms with Crippen LogP contribution in [0.5, 0.6) is 0 Å². The molecule has 1 rings (SSSR count). The largest absolute Gasteiger partial charge is 0.370 e. The summed E-state index contributed by atoms with van der Waals surface area (Å²) in [7, 11) is 4.10. The minimum Gasteiger partial charge on any atom is -0.370 e. The summed E-state index contributed by atoms with van der Waals surface area (Å²) in [5.74, 6) is 0.519. The van der Waals surface area contributed by atoms with Gasteiger partial charge in [0.05, 0.1) is 6.54 Å². The molecule has 0 bridgehead atoms. The molecule has 0 aromatic heterocycles. The molecule has 0 radical (unpaired) electrons. The molecule has 1 aromatic carbocycles. The first-order chi connectivity index (χ1) is 8.92. The highest BCUT2D eigenvalue weighted by molar-refractivity contribution is 14.0. The van der Waals surface area contributed by atoms with Crippen LogP contribution < -0.4 is 11.1 Å². The third-order valence-corrected chi connectivity index (χ3v) is 3.41. The van der Waals surface area contributed by atoms with Crippen molar-refractivity contribution in [1.29, 1.82) is 0 Å². The van der Waals surface area contributed by atoms with E-state index in [1.807, 2.05) is 18.2 Å². The van der Waals surface area contributed by atoms with Gasteiger partial charge < -0.3 is 16.0 Å². The van der Waals surface area contributed by atoms with E-state index in [0.717, 1.165) is 13.0 Å². The van der Waals surface area contributed by atoms with Crippen LogP contribution in [0.1, 0.15) is 19.4 Å². The van der Waals surface area contributed by atoms with E-state index in [1.165, 1.54) is 5.56 Å². The number of nitrogens with one attached hydrogen (secondary N) is 1. The summed E-state index contributed by atoms with van der Waals surface area (Å²) in [5.41, 5.74) is 7.19. The fourth-order valence-electron chi connectivity index (χ4n) is 1.46. The number of nitrogens with two attached hydrogens (primary N) is 1. The number of likely N-dealkylation sites (N-methyl/N-ethyl adjacent to an activating group) is 1. The summed E-state index contributed by atoms with van der Waals surface area (Å²) >= 11 is 0. The Hall–Kier alpha value is -0.820. The van der Waals surface area contributed by atoms with Gasteiger partial charge in [-0.25, -0.2) is 0 Å². The van der Waals surface area contributed by atoms with E-state index in [0.29, 0.717) is 12.5 Å². The molecule has 0 aliphatic heterocycles. The lowest BCUT2D eigenvalue weighted by molar-refractivity contribution is 0.205. The van der Waals surface area contributed by atoms with Crippen LogP contribution in [0.15, 0.2) is 35.3 Å². The molecule has 1 aromatic rings. The third-order valence-electron chi connectivity index (χ3n) is 3.41. The lowest BCUT2D eigenvalue weighted by atomic mass is 10.1. The number of nitrogens with zero attached hydrogens (tertiary/aromatic N) is 2. The van der Waals surface area contributed by atoms with Crippen molar-refractivity contribution in [1.82, 2.24) is 10.2 Å². The summed E-state index contributed by atoms with van der Waals surface area (Å²) in [6.07, 6.45) is 0.953. The van der Waals surface area contributed by atoms with Crippen LogP contribution in [0.4, 0.5) is 0 Å². The minimum absolute atomic E-state index is 0. The van der Waals surface area contributed by atoms with Crippen molar-refractivity contribution >= 4 is 29.9 Å². The first-order valence-corrected chi connectivity index (χ1v) is 6.67. The zero-order chi connectivity index (χ0) is 14.3. The summed E-state index contributed by atoms with van der Waals surface area (Å²) < 4.78 is 0. The Balaban J connectivity index is 0.00000361. The Bertz CT molecular complexity index is 402. The van der Waals surface area contributed by atoms with E-state index in [1.54, 1.807) is 0 Å². The molecular weight excluding hydrogens is 363 g/mol. The molecule has 0 amide bonds. The monoisotopic (exact) mass is 390 g/mol. The van der Waals surface area contributed by atoms with Crippen molar-refractivity contribution in [3.63, 3.8) is 0 Å². The number of guanidine groups is 1. The zero-order valence-electron chi connectivity index (χ0n) is 12.9. The molecule has 114 valence electrons. The van der Waals surface area contributed by atoms with Gasteiger partial charge in [0.1, 0.15) is 0 Å². The van der Waals surface area contributed by atoms with Gasteiger partial charge in [-0.3, -0.25) is 4.99 Å². The maximum absolute atomic E-state index is 5.87. The van der Waals surface area contributed by atoms with Gasteiger partial charge in [0.25, 0.3) is 0 Å². The van der Waals surface area contributed by atoms with Crippen LogP contribution in [-0.4, -0.2) is 43.6 Å². The van der Waals surface area contributed by atoms with E-state index < -0.39 is 0 Å². The second-order valence-corrected chi connectivity index (χ2v) is 5.57. The van der Waals surface area contributed by atoms with E-state index in [2.05, 4.69) is 55.3 Å².